The third kappa shape index (κ3) is 4.44. The predicted octanol–water partition coefficient (Wildman–Crippen LogP) is 3.91. The molecular weight excluding hydrogens is 324 g/mol. The first-order valence-corrected chi connectivity index (χ1v) is 9.38. The third-order valence-corrected chi connectivity index (χ3v) is 4.99. The van der Waals surface area contributed by atoms with Gasteiger partial charge in [0.2, 0.25) is 0 Å². The molecule has 0 saturated carbocycles. The van der Waals surface area contributed by atoms with Crippen LogP contribution in [0.3, 0.4) is 0 Å². The van der Waals surface area contributed by atoms with Crippen molar-refractivity contribution >= 4 is 6.09 Å². The van der Waals surface area contributed by atoms with E-state index in [1.807, 2.05) is 6.92 Å². The number of nitrogens with one attached hydrogen (secondary N) is 2. The molecule has 0 aromatic heterocycles. The SMILES string of the molecule is CCNC(=O)OC1CNC(C(c2ccc(C)cc2)c2ccc(C)cc2)C1. The van der Waals surface area contributed by atoms with Crippen molar-refractivity contribution in [1.82, 2.24) is 10.6 Å². The molecule has 3 rings (SSSR count). The van der Waals surface area contributed by atoms with E-state index in [9.17, 15) is 4.79 Å². The highest BCUT2D eigenvalue weighted by molar-refractivity contribution is 5.67. The molecule has 2 N–H and O–H groups in total. The topological polar surface area (TPSA) is 50.4 Å². The number of rotatable bonds is 5. The van der Waals surface area contributed by atoms with Gasteiger partial charge in [-0.2, -0.15) is 0 Å². The second-order valence-corrected chi connectivity index (χ2v) is 7.11. The Kier molecular flexibility index (Phi) is 5.94. The van der Waals surface area contributed by atoms with E-state index < -0.39 is 0 Å². The van der Waals surface area contributed by atoms with E-state index in [2.05, 4.69) is 73.0 Å². The summed E-state index contributed by atoms with van der Waals surface area (Å²) < 4.78 is 5.53. The van der Waals surface area contributed by atoms with Crippen molar-refractivity contribution in [3.63, 3.8) is 0 Å². The molecule has 0 spiro atoms. The lowest BCUT2D eigenvalue weighted by molar-refractivity contribution is 0.106. The number of benzene rings is 2. The minimum absolute atomic E-state index is 0.0926. The Hall–Kier alpha value is -2.33. The van der Waals surface area contributed by atoms with Crippen LogP contribution in [0.1, 0.15) is 41.5 Å². The fourth-order valence-corrected chi connectivity index (χ4v) is 3.62. The van der Waals surface area contributed by atoms with Crippen molar-refractivity contribution in [2.24, 2.45) is 0 Å². The molecule has 1 aliphatic rings. The van der Waals surface area contributed by atoms with E-state index in [1.54, 1.807) is 0 Å². The van der Waals surface area contributed by atoms with Crippen LogP contribution in [-0.4, -0.2) is 31.3 Å². The van der Waals surface area contributed by atoms with Crippen LogP contribution in [0.15, 0.2) is 48.5 Å². The number of carbonyl (C=O) groups is 1. The van der Waals surface area contributed by atoms with Gasteiger partial charge in [-0.15, -0.1) is 0 Å². The van der Waals surface area contributed by atoms with Gasteiger partial charge in [-0.25, -0.2) is 4.79 Å². The molecule has 1 heterocycles. The van der Waals surface area contributed by atoms with Crippen LogP contribution in [0.2, 0.25) is 0 Å². The number of carbonyl (C=O) groups excluding carboxylic acids is 1. The Labute approximate surface area is 156 Å². The first kappa shape index (κ1) is 18.5. The van der Waals surface area contributed by atoms with Crippen LogP contribution in [0.5, 0.6) is 0 Å². The molecule has 0 aliphatic carbocycles. The summed E-state index contributed by atoms with van der Waals surface area (Å²) in [7, 11) is 0. The first-order valence-electron chi connectivity index (χ1n) is 9.38. The van der Waals surface area contributed by atoms with Crippen molar-refractivity contribution < 1.29 is 9.53 Å². The minimum Gasteiger partial charge on any atom is -0.445 e. The van der Waals surface area contributed by atoms with Crippen LogP contribution < -0.4 is 10.6 Å². The number of ether oxygens (including phenoxy) is 1. The van der Waals surface area contributed by atoms with Crippen molar-refractivity contribution in [1.29, 1.82) is 0 Å². The Bertz CT molecular complexity index is 679. The molecule has 1 amide bonds. The molecule has 2 aromatic carbocycles. The molecule has 1 fully saturated rings. The maximum absolute atomic E-state index is 11.7. The van der Waals surface area contributed by atoms with E-state index in [0.29, 0.717) is 13.1 Å². The number of hydrogen-bond acceptors (Lipinski definition) is 3. The summed E-state index contributed by atoms with van der Waals surface area (Å²) in [5.41, 5.74) is 5.09. The van der Waals surface area contributed by atoms with Gasteiger partial charge < -0.3 is 15.4 Å². The van der Waals surface area contributed by atoms with E-state index in [0.717, 1.165) is 6.42 Å². The Balaban J connectivity index is 1.81. The van der Waals surface area contributed by atoms with Crippen LogP contribution in [0.25, 0.3) is 0 Å². The minimum atomic E-state index is -0.331. The fraction of sp³-hybridized carbons (Fsp3) is 0.409. The largest absolute Gasteiger partial charge is 0.445 e. The molecule has 1 saturated heterocycles. The van der Waals surface area contributed by atoms with Crippen LogP contribution in [0.4, 0.5) is 4.79 Å². The second-order valence-electron chi connectivity index (χ2n) is 7.11. The van der Waals surface area contributed by atoms with Crippen LogP contribution in [0, 0.1) is 13.8 Å². The highest BCUT2D eigenvalue weighted by atomic mass is 16.6. The van der Waals surface area contributed by atoms with Crippen LogP contribution in [-0.2, 0) is 4.74 Å². The molecular formula is C22H28N2O2. The average Bonchev–Trinajstić information content (AvgIpc) is 3.06. The lowest BCUT2D eigenvalue weighted by Gasteiger charge is -2.25. The zero-order valence-corrected chi connectivity index (χ0v) is 15.8. The third-order valence-electron chi connectivity index (χ3n) is 4.99. The summed E-state index contributed by atoms with van der Waals surface area (Å²) in [5.74, 6) is 0.235. The molecule has 1 aliphatic heterocycles. The average molecular weight is 352 g/mol. The zero-order chi connectivity index (χ0) is 18.5. The summed E-state index contributed by atoms with van der Waals surface area (Å²) in [6.45, 7) is 7.37. The monoisotopic (exact) mass is 352 g/mol. The second kappa shape index (κ2) is 8.37. The molecule has 0 bridgehead atoms. The quantitative estimate of drug-likeness (QED) is 0.858. The molecule has 4 heteroatoms. The Morgan fingerprint density at radius 1 is 1.08 bits per heavy atom. The highest BCUT2D eigenvalue weighted by Crippen LogP contribution is 2.33. The summed E-state index contributed by atoms with van der Waals surface area (Å²) >= 11 is 0. The van der Waals surface area contributed by atoms with Crippen molar-refractivity contribution in [3.05, 3.63) is 70.8 Å². The fourth-order valence-electron chi connectivity index (χ4n) is 3.62. The first-order chi connectivity index (χ1) is 12.6. The standard InChI is InChI=1S/C22H28N2O2/c1-4-23-22(25)26-19-13-20(24-14-19)21(17-9-5-15(2)6-10-17)18-11-7-16(3)8-12-18/h5-12,19-21,24H,4,13-14H2,1-3H3,(H,23,25). The van der Waals surface area contributed by atoms with E-state index in [4.69, 9.17) is 4.74 Å². The number of amides is 1. The van der Waals surface area contributed by atoms with Gasteiger partial charge in [0.15, 0.2) is 0 Å². The van der Waals surface area contributed by atoms with Gasteiger partial charge in [0.1, 0.15) is 6.10 Å². The van der Waals surface area contributed by atoms with Gasteiger partial charge in [-0.1, -0.05) is 59.7 Å². The number of alkyl carbamates (subject to hydrolysis) is 1. The smallest absolute Gasteiger partial charge is 0.407 e. The number of hydrogen-bond donors (Lipinski definition) is 2. The van der Waals surface area contributed by atoms with Gasteiger partial charge in [0, 0.05) is 31.5 Å². The van der Waals surface area contributed by atoms with Crippen LogP contribution >= 0.6 is 0 Å². The van der Waals surface area contributed by atoms with Gasteiger partial charge in [-0.05, 0) is 31.9 Å². The van der Waals surface area contributed by atoms with Gasteiger partial charge in [-0.3, -0.25) is 0 Å². The Morgan fingerprint density at radius 2 is 1.62 bits per heavy atom. The molecule has 2 aromatic rings. The summed E-state index contributed by atoms with van der Waals surface area (Å²) in [4.78, 5) is 11.7. The van der Waals surface area contributed by atoms with Gasteiger partial charge in [0.05, 0.1) is 0 Å². The highest BCUT2D eigenvalue weighted by Gasteiger charge is 2.34. The zero-order valence-electron chi connectivity index (χ0n) is 15.8. The normalized spacial score (nSPS) is 19.5. The predicted molar refractivity (Wildman–Crippen MR) is 105 cm³/mol. The summed E-state index contributed by atoms with van der Waals surface area (Å²) in [5, 5.41) is 6.28. The van der Waals surface area contributed by atoms with E-state index >= 15 is 0 Å². The molecule has 0 radical (unpaired) electrons. The summed E-state index contributed by atoms with van der Waals surface area (Å²) in [6.07, 6.45) is 0.385. The van der Waals surface area contributed by atoms with Crippen molar-refractivity contribution in [2.45, 2.75) is 45.3 Å². The number of aryl methyl sites for hydroxylation is 2. The Morgan fingerprint density at radius 3 is 2.12 bits per heavy atom. The van der Waals surface area contributed by atoms with Crippen molar-refractivity contribution in [3.8, 4) is 0 Å². The maximum atomic E-state index is 11.7. The van der Waals surface area contributed by atoms with Gasteiger partial charge in [0.25, 0.3) is 0 Å². The molecule has 26 heavy (non-hydrogen) atoms. The van der Waals surface area contributed by atoms with Crippen molar-refractivity contribution in [2.75, 3.05) is 13.1 Å². The van der Waals surface area contributed by atoms with Gasteiger partial charge >= 0.3 is 6.09 Å². The van der Waals surface area contributed by atoms with E-state index in [1.165, 1.54) is 22.3 Å². The van der Waals surface area contributed by atoms with E-state index in [-0.39, 0.29) is 24.2 Å². The molecule has 2 atom stereocenters. The lowest BCUT2D eigenvalue weighted by Crippen LogP contribution is -2.30. The lowest BCUT2D eigenvalue weighted by atomic mass is 9.83. The molecule has 4 nitrogen and oxygen atoms in total. The maximum Gasteiger partial charge on any atom is 0.407 e. The summed E-state index contributed by atoms with van der Waals surface area (Å²) in [6, 6.07) is 17.7. The molecule has 138 valence electrons. The molecule has 2 unspecified atom stereocenters.